The van der Waals surface area contributed by atoms with E-state index in [9.17, 15) is 10.1 Å². The third-order valence-corrected chi connectivity index (χ3v) is 2.51. The van der Waals surface area contributed by atoms with Crippen LogP contribution in [0.5, 0.6) is 0 Å². The first-order valence-electron chi connectivity index (χ1n) is 4.01. The minimum Gasteiger partial charge on any atom is -0.258 e. The smallest absolute Gasteiger partial charge is 0.258 e. The molecule has 0 amide bonds. The van der Waals surface area contributed by atoms with Gasteiger partial charge < -0.3 is 0 Å². The first-order chi connectivity index (χ1) is 6.20. The summed E-state index contributed by atoms with van der Waals surface area (Å²) in [7, 11) is 0. The van der Waals surface area contributed by atoms with Crippen molar-refractivity contribution >= 4 is 21.6 Å². The van der Waals surface area contributed by atoms with Crippen molar-refractivity contribution < 1.29 is 4.92 Å². The van der Waals surface area contributed by atoms with Crippen LogP contribution in [0.2, 0.25) is 0 Å². The van der Waals surface area contributed by atoms with E-state index in [2.05, 4.69) is 15.9 Å². The van der Waals surface area contributed by atoms with Crippen LogP contribution < -0.4 is 0 Å². The van der Waals surface area contributed by atoms with Gasteiger partial charge in [-0.15, -0.1) is 0 Å². The van der Waals surface area contributed by atoms with E-state index in [0.29, 0.717) is 11.8 Å². The lowest BCUT2D eigenvalue weighted by Gasteiger charge is -2.03. The monoisotopic (exact) mass is 243 g/mol. The van der Waals surface area contributed by atoms with E-state index in [1.165, 1.54) is 0 Å². The van der Waals surface area contributed by atoms with Gasteiger partial charge >= 0.3 is 0 Å². The predicted octanol–water partition coefficient (Wildman–Crippen LogP) is 3.05. The lowest BCUT2D eigenvalue weighted by Crippen LogP contribution is -1.98. The Bertz CT molecular complexity index is 303. The van der Waals surface area contributed by atoms with Crippen molar-refractivity contribution in [2.75, 3.05) is 0 Å². The molecule has 1 rings (SSSR count). The minimum absolute atomic E-state index is 0.252. The summed E-state index contributed by atoms with van der Waals surface area (Å²) < 4.78 is 0. The van der Waals surface area contributed by atoms with Crippen LogP contribution in [0.4, 0.5) is 5.69 Å². The molecule has 70 valence electrons. The molecule has 3 nitrogen and oxygen atoms in total. The fourth-order valence-corrected chi connectivity index (χ4v) is 1.72. The lowest BCUT2D eigenvalue weighted by molar-refractivity contribution is -0.386. The Morgan fingerprint density at radius 3 is 2.54 bits per heavy atom. The summed E-state index contributed by atoms with van der Waals surface area (Å²) in [5.41, 5.74) is 1.79. The summed E-state index contributed by atoms with van der Waals surface area (Å²) in [5, 5.41) is 11.3. The molecule has 0 heterocycles. The summed E-state index contributed by atoms with van der Waals surface area (Å²) in [5.74, 6) is 0. The molecule has 4 heteroatoms. The lowest BCUT2D eigenvalue weighted by atomic mass is 10.1. The fraction of sp³-hybridized carbons (Fsp3) is 0.333. The van der Waals surface area contributed by atoms with Crippen LogP contribution >= 0.6 is 15.9 Å². The summed E-state index contributed by atoms with van der Waals surface area (Å²) in [4.78, 5) is 10.4. The van der Waals surface area contributed by atoms with Crippen molar-refractivity contribution in [3.63, 3.8) is 0 Å². The third kappa shape index (κ3) is 2.06. The maximum atomic E-state index is 10.7. The van der Waals surface area contributed by atoms with Gasteiger partial charge in [-0.25, -0.2) is 0 Å². The number of halogens is 1. The number of nitrogens with zero attached hydrogens (tertiary/aromatic N) is 1. The van der Waals surface area contributed by atoms with Crippen LogP contribution in [0.25, 0.3) is 0 Å². The molecule has 1 aromatic rings. The molecule has 0 aliphatic rings. The molecule has 0 fully saturated rings. The van der Waals surface area contributed by atoms with Crippen molar-refractivity contribution in [2.24, 2.45) is 0 Å². The Kier molecular flexibility index (Phi) is 3.42. The Hall–Kier alpha value is -0.900. The number of nitro groups is 1. The predicted molar refractivity (Wildman–Crippen MR) is 55.1 cm³/mol. The SMILES string of the molecule is CCc1cccc(CBr)c1[N+](=O)[O-]. The minimum atomic E-state index is -0.310. The molecule has 0 unspecified atom stereocenters. The molecule has 13 heavy (non-hydrogen) atoms. The van der Waals surface area contributed by atoms with Crippen molar-refractivity contribution in [3.8, 4) is 0 Å². The summed E-state index contributed by atoms with van der Waals surface area (Å²) in [6.45, 7) is 1.92. The van der Waals surface area contributed by atoms with Crippen molar-refractivity contribution in [1.29, 1.82) is 0 Å². The molecule has 1 aromatic carbocycles. The van der Waals surface area contributed by atoms with Gasteiger partial charge in [-0.05, 0) is 6.42 Å². The van der Waals surface area contributed by atoms with Gasteiger partial charge in [-0.3, -0.25) is 10.1 Å². The molecule has 0 radical (unpaired) electrons. The molecular formula is C9H10BrNO2. The summed E-state index contributed by atoms with van der Waals surface area (Å²) >= 11 is 3.24. The highest BCUT2D eigenvalue weighted by Gasteiger charge is 2.16. The second-order valence-electron chi connectivity index (χ2n) is 2.67. The van der Waals surface area contributed by atoms with Gasteiger partial charge in [-0.2, -0.15) is 0 Å². The topological polar surface area (TPSA) is 43.1 Å². The molecule has 0 saturated heterocycles. The van der Waals surface area contributed by atoms with Crippen LogP contribution in [0, 0.1) is 10.1 Å². The summed E-state index contributed by atoms with van der Waals surface area (Å²) in [6.07, 6.45) is 0.692. The number of rotatable bonds is 3. The van der Waals surface area contributed by atoms with Gasteiger partial charge in [0.25, 0.3) is 5.69 Å². The van der Waals surface area contributed by atoms with Crippen LogP contribution in [0.1, 0.15) is 18.1 Å². The molecule has 0 aliphatic carbocycles. The van der Waals surface area contributed by atoms with Gasteiger partial charge in [0.1, 0.15) is 0 Å². The average Bonchev–Trinajstić information content (AvgIpc) is 2.16. The zero-order chi connectivity index (χ0) is 9.84. The van der Waals surface area contributed by atoms with E-state index in [1.807, 2.05) is 13.0 Å². The number of nitro benzene ring substituents is 1. The number of benzene rings is 1. The molecule has 0 aliphatic heterocycles. The van der Waals surface area contributed by atoms with Crippen LogP contribution in [0.15, 0.2) is 18.2 Å². The second-order valence-corrected chi connectivity index (χ2v) is 3.23. The quantitative estimate of drug-likeness (QED) is 0.466. The molecule has 0 N–H and O–H groups in total. The molecule has 0 saturated carbocycles. The molecule has 0 aromatic heterocycles. The molecule has 0 bridgehead atoms. The van der Waals surface area contributed by atoms with Crippen molar-refractivity contribution in [3.05, 3.63) is 39.4 Å². The van der Waals surface area contributed by atoms with E-state index in [0.717, 1.165) is 11.1 Å². The normalized spacial score (nSPS) is 10.0. The summed E-state index contributed by atoms with van der Waals surface area (Å²) in [6, 6.07) is 5.42. The van der Waals surface area contributed by atoms with E-state index in [-0.39, 0.29) is 10.6 Å². The highest BCUT2D eigenvalue weighted by Crippen LogP contribution is 2.25. The largest absolute Gasteiger partial charge is 0.276 e. The number of alkyl halides is 1. The third-order valence-electron chi connectivity index (χ3n) is 1.91. The van der Waals surface area contributed by atoms with Crippen molar-refractivity contribution in [1.82, 2.24) is 0 Å². The number of para-hydroxylation sites is 1. The number of hydrogen-bond acceptors (Lipinski definition) is 2. The maximum Gasteiger partial charge on any atom is 0.276 e. The zero-order valence-electron chi connectivity index (χ0n) is 7.29. The average molecular weight is 244 g/mol. The first-order valence-corrected chi connectivity index (χ1v) is 5.14. The van der Waals surface area contributed by atoms with Gasteiger partial charge in [0.15, 0.2) is 0 Å². The van der Waals surface area contributed by atoms with Gasteiger partial charge in [0.05, 0.1) is 4.92 Å². The Labute approximate surface area is 85.0 Å². The van der Waals surface area contributed by atoms with Gasteiger partial charge in [0, 0.05) is 16.5 Å². The standard InChI is InChI=1S/C9H10BrNO2/c1-2-7-4-3-5-8(6-10)9(7)11(12)13/h3-5H,2,6H2,1H3. The highest BCUT2D eigenvalue weighted by atomic mass is 79.9. The molecule has 0 atom stereocenters. The second kappa shape index (κ2) is 4.37. The van der Waals surface area contributed by atoms with E-state index in [1.54, 1.807) is 12.1 Å². The Morgan fingerprint density at radius 2 is 2.08 bits per heavy atom. The van der Waals surface area contributed by atoms with E-state index >= 15 is 0 Å². The highest BCUT2D eigenvalue weighted by molar-refractivity contribution is 9.08. The van der Waals surface area contributed by atoms with Crippen LogP contribution in [0.3, 0.4) is 0 Å². The van der Waals surface area contributed by atoms with Crippen molar-refractivity contribution in [2.45, 2.75) is 18.7 Å². The van der Waals surface area contributed by atoms with Gasteiger partial charge in [-0.1, -0.05) is 41.1 Å². The van der Waals surface area contributed by atoms with Gasteiger partial charge in [0.2, 0.25) is 0 Å². The fourth-order valence-electron chi connectivity index (χ4n) is 1.27. The van der Waals surface area contributed by atoms with E-state index < -0.39 is 0 Å². The van der Waals surface area contributed by atoms with Crippen LogP contribution in [-0.2, 0) is 11.8 Å². The Morgan fingerprint density at radius 1 is 1.46 bits per heavy atom. The molecule has 0 spiro atoms. The Balaban J connectivity index is 3.29. The molecular weight excluding hydrogens is 234 g/mol. The zero-order valence-corrected chi connectivity index (χ0v) is 8.87. The van der Waals surface area contributed by atoms with Crippen LogP contribution in [-0.4, -0.2) is 4.92 Å². The maximum absolute atomic E-state index is 10.7. The number of hydrogen-bond donors (Lipinski definition) is 0. The van der Waals surface area contributed by atoms with E-state index in [4.69, 9.17) is 0 Å². The number of aryl methyl sites for hydroxylation is 1. The first kappa shape index (κ1) is 10.2.